The maximum absolute atomic E-state index is 12.3. The molecule has 1 unspecified atom stereocenters. The van der Waals surface area contributed by atoms with Gasteiger partial charge in [0.2, 0.25) is 5.91 Å². The SMILES string of the molecule is CC(=O)N(CCCCC(O)CN=[N+]=[N-])C(=O)c1[nH]cnc1C. The second kappa shape index (κ2) is 8.81. The zero-order chi connectivity index (χ0) is 16.5. The first-order valence-corrected chi connectivity index (χ1v) is 6.98. The number of carbonyl (C=O) groups is 2. The number of hydrogen-bond donors (Lipinski definition) is 2. The first kappa shape index (κ1) is 17.7. The first-order valence-electron chi connectivity index (χ1n) is 6.98. The zero-order valence-corrected chi connectivity index (χ0v) is 12.7. The molecule has 0 radical (unpaired) electrons. The molecule has 0 spiro atoms. The number of nitrogens with one attached hydrogen (secondary N) is 1. The van der Waals surface area contributed by atoms with Crippen LogP contribution < -0.4 is 0 Å². The van der Waals surface area contributed by atoms with Crippen LogP contribution in [0.1, 0.15) is 42.4 Å². The van der Waals surface area contributed by atoms with E-state index in [1.807, 2.05) is 0 Å². The summed E-state index contributed by atoms with van der Waals surface area (Å²) in [6.07, 6.45) is 2.33. The summed E-state index contributed by atoms with van der Waals surface area (Å²) in [7, 11) is 0. The average molecular weight is 308 g/mol. The molecule has 9 heteroatoms. The first-order chi connectivity index (χ1) is 10.5. The van der Waals surface area contributed by atoms with E-state index in [0.29, 0.717) is 30.7 Å². The number of amides is 2. The fraction of sp³-hybridized carbons (Fsp3) is 0.615. The Bertz CT molecular complexity index is 564. The lowest BCUT2D eigenvalue weighted by atomic mass is 10.1. The van der Waals surface area contributed by atoms with Crippen molar-refractivity contribution in [3.63, 3.8) is 0 Å². The molecule has 0 aliphatic carbocycles. The van der Waals surface area contributed by atoms with Crippen LogP contribution in [0.5, 0.6) is 0 Å². The molecule has 9 nitrogen and oxygen atoms in total. The van der Waals surface area contributed by atoms with Crippen LogP contribution in [0.15, 0.2) is 11.4 Å². The van der Waals surface area contributed by atoms with Gasteiger partial charge in [-0.25, -0.2) is 4.98 Å². The molecule has 0 saturated carbocycles. The molecular formula is C13H20N6O3. The Morgan fingerprint density at radius 2 is 2.27 bits per heavy atom. The monoisotopic (exact) mass is 308 g/mol. The molecule has 1 aromatic heterocycles. The number of aryl methyl sites for hydroxylation is 1. The summed E-state index contributed by atoms with van der Waals surface area (Å²) in [5.41, 5.74) is 9.00. The zero-order valence-electron chi connectivity index (χ0n) is 12.7. The summed E-state index contributed by atoms with van der Waals surface area (Å²) < 4.78 is 0. The van der Waals surface area contributed by atoms with E-state index in [1.165, 1.54) is 13.3 Å². The van der Waals surface area contributed by atoms with Crippen LogP contribution in [0.25, 0.3) is 10.4 Å². The topological polar surface area (TPSA) is 135 Å². The number of aliphatic hydroxyl groups is 1. The molecule has 0 saturated heterocycles. The minimum Gasteiger partial charge on any atom is -0.393 e. The van der Waals surface area contributed by atoms with Gasteiger partial charge in [-0.15, -0.1) is 0 Å². The highest BCUT2D eigenvalue weighted by Gasteiger charge is 2.22. The second-order valence-corrected chi connectivity index (χ2v) is 4.90. The highest BCUT2D eigenvalue weighted by Crippen LogP contribution is 2.09. The number of aromatic nitrogens is 2. The summed E-state index contributed by atoms with van der Waals surface area (Å²) in [6, 6.07) is 0. The van der Waals surface area contributed by atoms with Crippen LogP contribution >= 0.6 is 0 Å². The van der Waals surface area contributed by atoms with E-state index >= 15 is 0 Å². The van der Waals surface area contributed by atoms with Crippen molar-refractivity contribution in [3.8, 4) is 0 Å². The summed E-state index contributed by atoms with van der Waals surface area (Å²) in [5, 5.41) is 12.8. The van der Waals surface area contributed by atoms with Gasteiger partial charge in [-0.3, -0.25) is 14.5 Å². The molecule has 22 heavy (non-hydrogen) atoms. The van der Waals surface area contributed by atoms with Gasteiger partial charge in [0.15, 0.2) is 0 Å². The molecule has 1 aromatic rings. The van der Waals surface area contributed by atoms with Gasteiger partial charge in [0.25, 0.3) is 5.91 Å². The average Bonchev–Trinajstić information content (AvgIpc) is 2.90. The molecule has 0 fully saturated rings. The van der Waals surface area contributed by atoms with Crippen molar-refractivity contribution in [3.05, 3.63) is 28.2 Å². The van der Waals surface area contributed by atoms with Gasteiger partial charge in [0.05, 0.1) is 24.7 Å². The molecule has 120 valence electrons. The largest absolute Gasteiger partial charge is 0.393 e. The highest BCUT2D eigenvalue weighted by molar-refractivity contribution is 6.03. The molecule has 0 aromatic carbocycles. The third-order valence-corrected chi connectivity index (χ3v) is 3.19. The lowest BCUT2D eigenvalue weighted by molar-refractivity contribution is -0.126. The highest BCUT2D eigenvalue weighted by atomic mass is 16.3. The van der Waals surface area contributed by atoms with Crippen molar-refractivity contribution in [2.24, 2.45) is 5.11 Å². The normalized spacial score (nSPS) is 11.6. The minimum atomic E-state index is -0.702. The van der Waals surface area contributed by atoms with E-state index in [9.17, 15) is 14.7 Å². The van der Waals surface area contributed by atoms with Gasteiger partial charge >= 0.3 is 0 Å². The Morgan fingerprint density at radius 3 is 2.82 bits per heavy atom. The number of imidazole rings is 1. The maximum Gasteiger partial charge on any atom is 0.278 e. The van der Waals surface area contributed by atoms with Gasteiger partial charge in [-0.1, -0.05) is 5.11 Å². The predicted molar refractivity (Wildman–Crippen MR) is 78.9 cm³/mol. The lowest BCUT2D eigenvalue weighted by Gasteiger charge is -2.19. The molecule has 1 atom stereocenters. The second-order valence-electron chi connectivity index (χ2n) is 4.90. The van der Waals surface area contributed by atoms with E-state index in [-0.39, 0.29) is 19.0 Å². The summed E-state index contributed by atoms with van der Waals surface area (Å²) in [4.78, 5) is 34.3. The number of aliphatic hydroxyl groups excluding tert-OH is 1. The third kappa shape index (κ3) is 5.19. The Morgan fingerprint density at radius 1 is 1.55 bits per heavy atom. The molecule has 0 aliphatic heterocycles. The number of nitrogens with zero attached hydrogens (tertiary/aromatic N) is 5. The summed E-state index contributed by atoms with van der Waals surface area (Å²) in [5.74, 6) is -0.745. The Hall–Kier alpha value is -2.38. The van der Waals surface area contributed by atoms with Crippen molar-refractivity contribution < 1.29 is 14.7 Å². The number of azide groups is 1. The Kier molecular flexibility index (Phi) is 7.07. The number of rotatable bonds is 8. The maximum atomic E-state index is 12.3. The summed E-state index contributed by atoms with van der Waals surface area (Å²) in [6.45, 7) is 3.31. The van der Waals surface area contributed by atoms with E-state index in [1.54, 1.807) is 6.92 Å². The van der Waals surface area contributed by atoms with Crippen LogP contribution in [0, 0.1) is 6.92 Å². The van der Waals surface area contributed by atoms with Gasteiger partial charge in [-0.2, -0.15) is 0 Å². The van der Waals surface area contributed by atoms with Crippen LogP contribution in [-0.4, -0.2) is 51.0 Å². The van der Waals surface area contributed by atoms with Crippen LogP contribution in [0.2, 0.25) is 0 Å². The van der Waals surface area contributed by atoms with Crippen molar-refractivity contribution in [1.29, 1.82) is 0 Å². The van der Waals surface area contributed by atoms with Crippen molar-refractivity contribution in [1.82, 2.24) is 14.9 Å². The molecule has 1 heterocycles. The van der Waals surface area contributed by atoms with E-state index in [0.717, 1.165) is 4.90 Å². The fourth-order valence-electron chi connectivity index (χ4n) is 1.99. The van der Waals surface area contributed by atoms with Crippen molar-refractivity contribution >= 4 is 11.8 Å². The predicted octanol–water partition coefficient (Wildman–Crippen LogP) is 1.55. The molecule has 2 N–H and O–H groups in total. The van der Waals surface area contributed by atoms with Crippen LogP contribution in [0.4, 0.5) is 0 Å². The van der Waals surface area contributed by atoms with Crippen LogP contribution in [0.3, 0.4) is 0 Å². The number of unbranched alkanes of at least 4 members (excludes halogenated alkanes) is 1. The van der Waals surface area contributed by atoms with Crippen molar-refractivity contribution in [2.75, 3.05) is 13.1 Å². The molecule has 2 amide bonds. The van der Waals surface area contributed by atoms with E-state index in [4.69, 9.17) is 5.53 Å². The van der Waals surface area contributed by atoms with Gasteiger partial charge < -0.3 is 10.1 Å². The Balaban J connectivity index is 2.49. The molecule has 0 bridgehead atoms. The fourth-order valence-corrected chi connectivity index (χ4v) is 1.99. The standard InChI is InChI=1S/C13H20N6O3/c1-9-12(16-8-15-9)13(22)19(10(2)20)6-4-3-5-11(21)7-17-18-14/h8,11,21H,3-7H2,1-2H3,(H,15,16). The third-order valence-electron chi connectivity index (χ3n) is 3.19. The van der Waals surface area contributed by atoms with Crippen molar-refractivity contribution in [2.45, 2.75) is 39.2 Å². The molecule has 1 rings (SSSR count). The quantitative estimate of drug-likeness (QED) is 0.326. The number of carbonyl (C=O) groups excluding carboxylic acids is 2. The lowest BCUT2D eigenvalue weighted by Crippen LogP contribution is -2.36. The smallest absolute Gasteiger partial charge is 0.278 e. The number of imide groups is 1. The molecule has 0 aliphatic rings. The number of hydrogen-bond acceptors (Lipinski definition) is 5. The Labute approximate surface area is 128 Å². The molecular weight excluding hydrogens is 288 g/mol. The van der Waals surface area contributed by atoms with Gasteiger partial charge in [0.1, 0.15) is 5.69 Å². The number of aromatic amines is 1. The van der Waals surface area contributed by atoms with Crippen LogP contribution in [-0.2, 0) is 4.79 Å². The van der Waals surface area contributed by atoms with E-state index in [2.05, 4.69) is 20.0 Å². The van der Waals surface area contributed by atoms with E-state index < -0.39 is 12.0 Å². The summed E-state index contributed by atoms with van der Waals surface area (Å²) >= 11 is 0. The van der Waals surface area contributed by atoms with Gasteiger partial charge in [-0.05, 0) is 31.7 Å². The number of H-pyrrole nitrogens is 1. The minimum absolute atomic E-state index is 0.0270. The van der Waals surface area contributed by atoms with Gasteiger partial charge in [0, 0.05) is 18.4 Å².